The van der Waals surface area contributed by atoms with Gasteiger partial charge in [-0.1, -0.05) is 18.2 Å². The van der Waals surface area contributed by atoms with Crippen molar-refractivity contribution in [2.45, 2.75) is 20.8 Å². The molecule has 0 spiro atoms. The molecule has 0 atom stereocenters. The minimum absolute atomic E-state index is 0.310. The minimum atomic E-state index is -0.310. The number of aryl methyl sites for hydroxylation is 3. The molecule has 0 aliphatic heterocycles. The van der Waals surface area contributed by atoms with Gasteiger partial charge >= 0.3 is 0 Å². The molecule has 0 saturated heterocycles. The first-order chi connectivity index (χ1) is 9.45. The Morgan fingerprint density at radius 3 is 2.20 bits per heavy atom. The van der Waals surface area contributed by atoms with Crippen molar-refractivity contribution in [2.24, 2.45) is 0 Å². The Morgan fingerprint density at radius 2 is 1.50 bits per heavy atom. The lowest BCUT2D eigenvalue weighted by Gasteiger charge is -2.13. The topological polar surface area (TPSA) is 24.1 Å². The van der Waals surface area contributed by atoms with Crippen LogP contribution in [0.1, 0.15) is 16.7 Å². The number of hydrogen-bond donors (Lipinski definition) is 2. The van der Waals surface area contributed by atoms with Crippen LogP contribution in [0.4, 0.5) is 15.8 Å². The average Bonchev–Trinajstić information content (AvgIpc) is 2.37. The third-order valence-corrected chi connectivity index (χ3v) is 3.22. The summed E-state index contributed by atoms with van der Waals surface area (Å²) in [5.41, 5.74) is 4.40. The summed E-state index contributed by atoms with van der Waals surface area (Å²) in [6, 6.07) is 11.1. The SMILES string of the molecule is Cc1ccc(NC(=S)Nc2cc(C)ccc2C)c(F)c1. The fraction of sp³-hybridized carbons (Fsp3) is 0.188. The van der Waals surface area contributed by atoms with Gasteiger partial charge in [0.05, 0.1) is 5.69 Å². The Balaban J connectivity index is 2.11. The maximum atomic E-state index is 13.7. The fourth-order valence-corrected chi connectivity index (χ4v) is 2.09. The van der Waals surface area contributed by atoms with E-state index in [1.165, 1.54) is 6.07 Å². The van der Waals surface area contributed by atoms with Crippen LogP contribution >= 0.6 is 12.2 Å². The van der Waals surface area contributed by atoms with Crippen LogP contribution in [0.5, 0.6) is 0 Å². The first-order valence-electron chi connectivity index (χ1n) is 6.37. The van der Waals surface area contributed by atoms with Gasteiger partial charge < -0.3 is 10.6 Å². The van der Waals surface area contributed by atoms with E-state index in [2.05, 4.69) is 10.6 Å². The zero-order valence-electron chi connectivity index (χ0n) is 11.8. The molecule has 0 aliphatic rings. The van der Waals surface area contributed by atoms with Gasteiger partial charge in [-0.3, -0.25) is 0 Å². The number of nitrogens with one attached hydrogen (secondary N) is 2. The van der Waals surface area contributed by atoms with Crippen LogP contribution < -0.4 is 10.6 Å². The number of halogens is 1. The van der Waals surface area contributed by atoms with Crippen LogP contribution in [-0.4, -0.2) is 5.11 Å². The van der Waals surface area contributed by atoms with Gasteiger partial charge in [0.25, 0.3) is 0 Å². The lowest BCUT2D eigenvalue weighted by molar-refractivity contribution is 0.631. The van der Waals surface area contributed by atoms with E-state index in [1.54, 1.807) is 6.07 Å². The lowest BCUT2D eigenvalue weighted by atomic mass is 10.1. The maximum Gasteiger partial charge on any atom is 0.175 e. The molecule has 2 aromatic rings. The van der Waals surface area contributed by atoms with Crippen LogP contribution in [0.15, 0.2) is 36.4 Å². The molecule has 104 valence electrons. The molecule has 0 fully saturated rings. The normalized spacial score (nSPS) is 10.2. The molecule has 0 amide bonds. The van der Waals surface area contributed by atoms with Crippen molar-refractivity contribution in [3.63, 3.8) is 0 Å². The number of rotatable bonds is 2. The van der Waals surface area contributed by atoms with Gasteiger partial charge in [0.1, 0.15) is 5.82 Å². The van der Waals surface area contributed by atoms with Crippen molar-refractivity contribution >= 4 is 28.7 Å². The van der Waals surface area contributed by atoms with Crippen molar-refractivity contribution in [2.75, 3.05) is 10.6 Å². The molecule has 2 rings (SSSR count). The van der Waals surface area contributed by atoms with Gasteiger partial charge in [0.2, 0.25) is 0 Å². The van der Waals surface area contributed by atoms with E-state index in [9.17, 15) is 4.39 Å². The number of benzene rings is 2. The van der Waals surface area contributed by atoms with Gasteiger partial charge in [-0.15, -0.1) is 0 Å². The molecule has 2 nitrogen and oxygen atoms in total. The zero-order chi connectivity index (χ0) is 14.7. The molecule has 2 N–H and O–H groups in total. The molecule has 0 heterocycles. The Bertz CT molecular complexity index is 653. The van der Waals surface area contributed by atoms with E-state index in [0.717, 1.165) is 22.4 Å². The monoisotopic (exact) mass is 288 g/mol. The van der Waals surface area contributed by atoms with Crippen molar-refractivity contribution < 1.29 is 4.39 Å². The van der Waals surface area contributed by atoms with Gasteiger partial charge in [-0.25, -0.2) is 4.39 Å². The van der Waals surface area contributed by atoms with Crippen LogP contribution in [0.2, 0.25) is 0 Å². The fourth-order valence-electron chi connectivity index (χ4n) is 1.87. The van der Waals surface area contributed by atoms with E-state index >= 15 is 0 Å². The third kappa shape index (κ3) is 3.54. The Labute approximate surface area is 124 Å². The van der Waals surface area contributed by atoms with E-state index in [1.807, 2.05) is 45.0 Å². The zero-order valence-corrected chi connectivity index (χ0v) is 12.6. The number of thiocarbonyl (C=S) groups is 1. The minimum Gasteiger partial charge on any atom is -0.332 e. The highest BCUT2D eigenvalue weighted by Gasteiger charge is 2.06. The van der Waals surface area contributed by atoms with E-state index in [-0.39, 0.29) is 5.82 Å². The van der Waals surface area contributed by atoms with E-state index < -0.39 is 0 Å². The predicted octanol–water partition coefficient (Wildman–Crippen LogP) is 4.56. The summed E-state index contributed by atoms with van der Waals surface area (Å²) < 4.78 is 13.7. The van der Waals surface area contributed by atoms with Gasteiger partial charge in [-0.05, 0) is 67.9 Å². The highest BCUT2D eigenvalue weighted by Crippen LogP contribution is 2.18. The van der Waals surface area contributed by atoms with Crippen LogP contribution in [0, 0.1) is 26.6 Å². The summed E-state index contributed by atoms with van der Waals surface area (Å²) in [4.78, 5) is 0. The quantitative estimate of drug-likeness (QED) is 0.792. The second-order valence-corrected chi connectivity index (χ2v) is 5.29. The smallest absolute Gasteiger partial charge is 0.175 e. The second-order valence-electron chi connectivity index (χ2n) is 4.88. The van der Waals surface area contributed by atoms with Crippen LogP contribution in [0.25, 0.3) is 0 Å². The molecule has 0 bridgehead atoms. The molecular weight excluding hydrogens is 271 g/mol. The Kier molecular flexibility index (Phi) is 4.35. The van der Waals surface area contributed by atoms with E-state index in [4.69, 9.17) is 12.2 Å². The molecule has 0 saturated carbocycles. The van der Waals surface area contributed by atoms with Gasteiger partial charge in [0.15, 0.2) is 5.11 Å². The van der Waals surface area contributed by atoms with Crippen molar-refractivity contribution in [3.8, 4) is 0 Å². The molecular formula is C16H17FN2S. The maximum absolute atomic E-state index is 13.7. The predicted molar refractivity (Wildman–Crippen MR) is 86.9 cm³/mol. The Hall–Kier alpha value is -1.94. The average molecular weight is 288 g/mol. The molecule has 0 aromatic heterocycles. The third-order valence-electron chi connectivity index (χ3n) is 3.01. The summed E-state index contributed by atoms with van der Waals surface area (Å²) in [5.74, 6) is -0.310. The first kappa shape index (κ1) is 14.5. The standard InChI is InChI=1S/C16H17FN2S/c1-10-5-7-14(13(17)8-10)18-16(20)19-15-9-11(2)4-6-12(15)3/h4-9H,1-3H3,(H2,18,19,20). The second kappa shape index (κ2) is 6.01. The molecule has 0 aliphatic carbocycles. The summed E-state index contributed by atoms with van der Waals surface area (Å²) in [5, 5.41) is 6.35. The van der Waals surface area contributed by atoms with E-state index in [0.29, 0.717) is 10.8 Å². The molecule has 20 heavy (non-hydrogen) atoms. The molecule has 0 unspecified atom stereocenters. The molecule has 0 radical (unpaired) electrons. The van der Waals surface area contributed by atoms with Crippen LogP contribution in [0.3, 0.4) is 0 Å². The Morgan fingerprint density at radius 1 is 0.900 bits per heavy atom. The summed E-state index contributed by atoms with van der Waals surface area (Å²) in [6.45, 7) is 5.86. The van der Waals surface area contributed by atoms with Crippen molar-refractivity contribution in [1.82, 2.24) is 0 Å². The largest absolute Gasteiger partial charge is 0.332 e. The number of hydrogen-bond acceptors (Lipinski definition) is 1. The summed E-state index contributed by atoms with van der Waals surface area (Å²) in [6.07, 6.45) is 0. The molecule has 2 aromatic carbocycles. The highest BCUT2D eigenvalue weighted by atomic mass is 32.1. The summed E-state index contributed by atoms with van der Waals surface area (Å²) >= 11 is 5.22. The van der Waals surface area contributed by atoms with Crippen molar-refractivity contribution in [1.29, 1.82) is 0 Å². The highest BCUT2D eigenvalue weighted by molar-refractivity contribution is 7.80. The first-order valence-corrected chi connectivity index (χ1v) is 6.78. The van der Waals surface area contributed by atoms with Crippen LogP contribution in [-0.2, 0) is 0 Å². The summed E-state index contributed by atoms with van der Waals surface area (Å²) in [7, 11) is 0. The number of anilines is 2. The van der Waals surface area contributed by atoms with Gasteiger partial charge in [-0.2, -0.15) is 0 Å². The lowest BCUT2D eigenvalue weighted by Crippen LogP contribution is -2.20. The van der Waals surface area contributed by atoms with Crippen molar-refractivity contribution in [3.05, 3.63) is 58.9 Å². The van der Waals surface area contributed by atoms with Gasteiger partial charge in [0, 0.05) is 5.69 Å². The molecule has 4 heteroatoms.